The molecule has 1 heterocycles. The van der Waals surface area contributed by atoms with Crippen molar-refractivity contribution < 1.29 is 4.74 Å². The summed E-state index contributed by atoms with van der Waals surface area (Å²) < 4.78 is 7.09. The molecule has 2 nitrogen and oxygen atoms in total. The van der Waals surface area contributed by atoms with Crippen molar-refractivity contribution in [1.29, 1.82) is 0 Å². The summed E-state index contributed by atoms with van der Waals surface area (Å²) >= 11 is 1.59. The van der Waals surface area contributed by atoms with E-state index in [2.05, 4.69) is 35.3 Å². The van der Waals surface area contributed by atoms with Crippen molar-refractivity contribution in [2.24, 2.45) is 5.92 Å². The Balaban J connectivity index is 1.25. The zero-order valence-electron chi connectivity index (χ0n) is 15.3. The van der Waals surface area contributed by atoms with Crippen LogP contribution < -0.4 is 4.74 Å². The summed E-state index contributed by atoms with van der Waals surface area (Å²) in [5, 5.41) is 0.714. The molecule has 1 fully saturated rings. The molecule has 0 atom stereocenters. The first-order valence-corrected chi connectivity index (χ1v) is 10.8. The van der Waals surface area contributed by atoms with Crippen LogP contribution in [0.1, 0.15) is 56.9 Å². The minimum atomic E-state index is 0.714. The lowest BCUT2D eigenvalue weighted by Gasteiger charge is -2.21. The highest BCUT2D eigenvalue weighted by Gasteiger charge is 2.12. The van der Waals surface area contributed by atoms with Crippen LogP contribution in [0.15, 0.2) is 48.5 Å². The number of hydrogen-bond donors (Lipinski definition) is 0. The highest BCUT2D eigenvalue weighted by atomic mass is 32.1. The number of aromatic nitrogens is 1. The second-order valence-electron chi connectivity index (χ2n) is 7.44. The van der Waals surface area contributed by atoms with E-state index in [1.165, 1.54) is 63.4 Å². The van der Waals surface area contributed by atoms with Gasteiger partial charge in [0, 0.05) is 0 Å². The summed E-state index contributed by atoms with van der Waals surface area (Å²) in [6.07, 6.45) is 12.6. The molecule has 136 valence electrons. The number of unbranched alkanes of at least 4 members (excludes halogenated alkanes) is 1. The number of aryl methyl sites for hydroxylation is 1. The number of fused-ring (bicyclic) bond motifs is 1. The van der Waals surface area contributed by atoms with E-state index in [9.17, 15) is 0 Å². The lowest BCUT2D eigenvalue weighted by Crippen LogP contribution is -2.05. The lowest BCUT2D eigenvalue weighted by molar-refractivity contribution is 0.330. The van der Waals surface area contributed by atoms with Gasteiger partial charge in [0.2, 0.25) is 0 Å². The Kier molecular flexibility index (Phi) is 5.85. The van der Waals surface area contributed by atoms with E-state index in [0.29, 0.717) is 5.19 Å². The SMILES string of the molecule is c1ccc2sc(Oc3ccc(CCCCC4CCCCC4)cc3)nc2c1. The van der Waals surface area contributed by atoms with E-state index >= 15 is 0 Å². The minimum absolute atomic E-state index is 0.714. The van der Waals surface area contributed by atoms with Crippen LogP contribution in [0.2, 0.25) is 0 Å². The molecule has 0 saturated heterocycles. The molecule has 0 unspecified atom stereocenters. The normalized spacial score (nSPS) is 15.4. The zero-order chi connectivity index (χ0) is 17.6. The first-order valence-electron chi connectivity index (χ1n) is 9.99. The van der Waals surface area contributed by atoms with E-state index in [-0.39, 0.29) is 0 Å². The molecule has 1 aliphatic rings. The molecule has 1 aliphatic carbocycles. The maximum absolute atomic E-state index is 5.93. The summed E-state index contributed by atoms with van der Waals surface area (Å²) in [5.74, 6) is 1.88. The van der Waals surface area contributed by atoms with Crippen molar-refractivity contribution in [3.05, 3.63) is 54.1 Å². The number of hydrogen-bond acceptors (Lipinski definition) is 3. The molecule has 3 heteroatoms. The Morgan fingerprint density at radius 3 is 2.54 bits per heavy atom. The number of benzene rings is 2. The molecule has 0 amide bonds. The van der Waals surface area contributed by atoms with Gasteiger partial charge in [0.1, 0.15) is 5.75 Å². The van der Waals surface area contributed by atoms with Crippen LogP contribution in [0.5, 0.6) is 10.9 Å². The van der Waals surface area contributed by atoms with Gasteiger partial charge in [0.25, 0.3) is 5.19 Å². The molecule has 1 saturated carbocycles. The van der Waals surface area contributed by atoms with Crippen molar-refractivity contribution in [3.8, 4) is 10.9 Å². The molecule has 4 rings (SSSR count). The standard InChI is InChI=1S/C23H27NOS/c1-2-8-18(9-3-1)10-4-5-11-19-14-16-20(17-15-19)25-23-24-21-12-6-7-13-22(21)26-23/h6-7,12-18H,1-5,8-11H2. The van der Waals surface area contributed by atoms with Gasteiger partial charge >= 0.3 is 0 Å². The second kappa shape index (κ2) is 8.68. The molecule has 0 radical (unpaired) electrons. The average Bonchev–Trinajstić information content (AvgIpc) is 3.10. The molecule has 0 spiro atoms. The highest BCUT2D eigenvalue weighted by molar-refractivity contribution is 7.20. The number of thiazole rings is 1. The maximum atomic E-state index is 5.93. The van der Waals surface area contributed by atoms with Gasteiger partial charge in [-0.2, -0.15) is 0 Å². The molecule has 1 aromatic heterocycles. The van der Waals surface area contributed by atoms with Crippen molar-refractivity contribution in [2.75, 3.05) is 0 Å². The van der Waals surface area contributed by atoms with Gasteiger partial charge in [0.05, 0.1) is 10.2 Å². The molecule has 26 heavy (non-hydrogen) atoms. The highest BCUT2D eigenvalue weighted by Crippen LogP contribution is 2.31. The largest absolute Gasteiger partial charge is 0.431 e. The average molecular weight is 366 g/mol. The Hall–Kier alpha value is -1.87. The van der Waals surface area contributed by atoms with Crippen LogP contribution in [0.4, 0.5) is 0 Å². The van der Waals surface area contributed by atoms with Crippen LogP contribution in [0, 0.1) is 5.92 Å². The lowest BCUT2D eigenvalue weighted by atomic mass is 9.85. The summed E-state index contributed by atoms with van der Waals surface area (Å²) in [5.41, 5.74) is 2.41. The first-order chi connectivity index (χ1) is 12.9. The number of ether oxygens (including phenoxy) is 1. The molecule has 0 N–H and O–H groups in total. The maximum Gasteiger partial charge on any atom is 0.279 e. The Morgan fingerprint density at radius 2 is 1.73 bits per heavy atom. The minimum Gasteiger partial charge on any atom is -0.431 e. The Bertz CT molecular complexity index is 785. The summed E-state index contributed by atoms with van der Waals surface area (Å²) in [6.45, 7) is 0. The van der Waals surface area contributed by atoms with Gasteiger partial charge < -0.3 is 4.74 Å². The van der Waals surface area contributed by atoms with Crippen LogP contribution in [0.25, 0.3) is 10.2 Å². The zero-order valence-corrected chi connectivity index (χ0v) is 16.1. The third-order valence-electron chi connectivity index (χ3n) is 5.46. The van der Waals surface area contributed by atoms with E-state index in [1.807, 2.05) is 18.2 Å². The van der Waals surface area contributed by atoms with Gasteiger partial charge in [-0.25, -0.2) is 4.98 Å². The molecular formula is C23H27NOS. The number of nitrogens with zero attached hydrogens (tertiary/aromatic N) is 1. The van der Waals surface area contributed by atoms with Gasteiger partial charge in [-0.05, 0) is 48.6 Å². The van der Waals surface area contributed by atoms with Gasteiger partial charge in [-0.1, -0.05) is 80.5 Å². The topological polar surface area (TPSA) is 22.1 Å². The fourth-order valence-electron chi connectivity index (χ4n) is 3.96. The number of rotatable bonds is 7. The quantitative estimate of drug-likeness (QED) is 0.407. The van der Waals surface area contributed by atoms with E-state index < -0.39 is 0 Å². The predicted octanol–water partition coefficient (Wildman–Crippen LogP) is 7.38. The van der Waals surface area contributed by atoms with Crippen LogP contribution in [-0.4, -0.2) is 4.98 Å². The third-order valence-corrected chi connectivity index (χ3v) is 6.37. The van der Waals surface area contributed by atoms with E-state index in [4.69, 9.17) is 4.74 Å². The number of para-hydroxylation sites is 1. The molecule has 0 bridgehead atoms. The van der Waals surface area contributed by atoms with E-state index in [0.717, 1.165) is 21.9 Å². The van der Waals surface area contributed by atoms with Crippen molar-refractivity contribution in [2.45, 2.75) is 57.8 Å². The van der Waals surface area contributed by atoms with Crippen LogP contribution in [0.3, 0.4) is 0 Å². The first kappa shape index (κ1) is 17.5. The summed E-state index contributed by atoms with van der Waals surface area (Å²) in [4.78, 5) is 4.53. The summed E-state index contributed by atoms with van der Waals surface area (Å²) in [7, 11) is 0. The summed E-state index contributed by atoms with van der Waals surface area (Å²) in [6, 6.07) is 16.7. The smallest absolute Gasteiger partial charge is 0.279 e. The van der Waals surface area contributed by atoms with Gasteiger partial charge in [0.15, 0.2) is 0 Å². The van der Waals surface area contributed by atoms with Crippen LogP contribution in [-0.2, 0) is 6.42 Å². The van der Waals surface area contributed by atoms with Crippen molar-refractivity contribution >= 4 is 21.6 Å². The van der Waals surface area contributed by atoms with Crippen molar-refractivity contribution in [3.63, 3.8) is 0 Å². The predicted molar refractivity (Wildman–Crippen MR) is 110 cm³/mol. The second-order valence-corrected chi connectivity index (χ2v) is 8.44. The Morgan fingerprint density at radius 1 is 0.923 bits per heavy atom. The molecular weight excluding hydrogens is 338 g/mol. The third kappa shape index (κ3) is 4.64. The Labute approximate surface area is 160 Å². The van der Waals surface area contributed by atoms with Gasteiger partial charge in [-0.15, -0.1) is 0 Å². The molecule has 2 aromatic carbocycles. The fraction of sp³-hybridized carbons (Fsp3) is 0.435. The van der Waals surface area contributed by atoms with Crippen LogP contribution >= 0.6 is 11.3 Å². The monoisotopic (exact) mass is 365 g/mol. The molecule has 0 aliphatic heterocycles. The van der Waals surface area contributed by atoms with Gasteiger partial charge in [-0.3, -0.25) is 0 Å². The molecule has 3 aromatic rings. The van der Waals surface area contributed by atoms with Crippen molar-refractivity contribution in [1.82, 2.24) is 4.98 Å². The van der Waals surface area contributed by atoms with E-state index in [1.54, 1.807) is 11.3 Å². The fourth-order valence-corrected chi connectivity index (χ4v) is 4.79.